The summed E-state index contributed by atoms with van der Waals surface area (Å²) in [5.41, 5.74) is 0. The molecule has 1 aromatic heterocycles. The van der Waals surface area contributed by atoms with Crippen molar-refractivity contribution < 1.29 is 17.9 Å². The van der Waals surface area contributed by atoms with E-state index >= 15 is 0 Å². The number of hydrogen-bond donors (Lipinski definition) is 0. The number of nitrogens with zero attached hydrogens (tertiary/aromatic N) is 4. The van der Waals surface area contributed by atoms with Crippen LogP contribution in [-0.4, -0.2) is 72.5 Å². The molecule has 1 saturated heterocycles. The normalized spacial score (nSPS) is 16.6. The van der Waals surface area contributed by atoms with Gasteiger partial charge in [-0.15, -0.1) is 0 Å². The van der Waals surface area contributed by atoms with Crippen molar-refractivity contribution >= 4 is 15.9 Å². The van der Waals surface area contributed by atoms with E-state index in [9.17, 15) is 13.2 Å². The second kappa shape index (κ2) is 7.22. The maximum absolute atomic E-state index is 12.1. The van der Waals surface area contributed by atoms with Gasteiger partial charge in [0.25, 0.3) is 0 Å². The first-order valence-electron chi connectivity index (χ1n) is 7.41. The lowest BCUT2D eigenvalue weighted by molar-refractivity contribution is -0.133. The van der Waals surface area contributed by atoms with Crippen LogP contribution in [0.3, 0.4) is 0 Å². The summed E-state index contributed by atoms with van der Waals surface area (Å²) in [7, 11) is -1.94. The predicted molar refractivity (Wildman–Crippen MR) is 84.5 cm³/mol. The highest BCUT2D eigenvalue weighted by Gasteiger charge is 2.26. The van der Waals surface area contributed by atoms with Crippen LogP contribution in [0.5, 0.6) is 5.88 Å². The van der Waals surface area contributed by atoms with Gasteiger partial charge in [-0.2, -0.15) is 9.29 Å². The Morgan fingerprint density at radius 2 is 2.09 bits per heavy atom. The third-order valence-electron chi connectivity index (χ3n) is 3.76. The quantitative estimate of drug-likeness (QED) is 0.750. The molecule has 2 rings (SSSR count). The highest BCUT2D eigenvalue weighted by Crippen LogP contribution is 2.17. The molecule has 0 bridgehead atoms. The van der Waals surface area contributed by atoms with Crippen molar-refractivity contribution in [3.8, 4) is 5.88 Å². The number of likely N-dealkylation sites (N-methyl/N-ethyl adjacent to an activating group) is 1. The average molecular weight is 342 g/mol. The number of aryl methyl sites for hydroxylation is 1. The molecule has 0 unspecified atom stereocenters. The zero-order valence-electron chi connectivity index (χ0n) is 13.6. The number of piperidine rings is 1. The summed E-state index contributed by atoms with van der Waals surface area (Å²) in [6.45, 7) is 2.76. The number of hydrogen-bond acceptors (Lipinski definition) is 6. The van der Waals surface area contributed by atoms with Gasteiger partial charge in [-0.1, -0.05) is 0 Å². The Bertz CT molecular complexity index is 656. The molecule has 2 heterocycles. The van der Waals surface area contributed by atoms with Gasteiger partial charge in [0.1, 0.15) is 11.9 Å². The second-order valence-corrected chi connectivity index (χ2v) is 7.75. The van der Waals surface area contributed by atoms with Crippen LogP contribution in [0, 0.1) is 6.92 Å². The molecule has 9 heteroatoms. The number of likely N-dealkylation sites (tertiary alicyclic amines) is 1. The molecule has 1 amide bonds. The molecule has 1 fully saturated rings. The van der Waals surface area contributed by atoms with E-state index in [4.69, 9.17) is 4.74 Å². The Balaban J connectivity index is 1.83. The van der Waals surface area contributed by atoms with Gasteiger partial charge in [0.15, 0.2) is 0 Å². The van der Waals surface area contributed by atoms with Crippen LogP contribution in [0.2, 0.25) is 0 Å². The minimum Gasteiger partial charge on any atom is -0.474 e. The maximum atomic E-state index is 12.1. The predicted octanol–water partition coefficient (Wildman–Crippen LogP) is 0.0462. The number of rotatable bonds is 5. The molecule has 0 aromatic carbocycles. The molecule has 128 valence electrons. The zero-order valence-corrected chi connectivity index (χ0v) is 14.4. The van der Waals surface area contributed by atoms with Crippen LogP contribution in [-0.2, 0) is 14.8 Å². The fourth-order valence-corrected chi connectivity index (χ4v) is 2.65. The highest BCUT2D eigenvalue weighted by molar-refractivity contribution is 7.88. The third kappa shape index (κ3) is 5.14. The minimum atomic E-state index is -3.35. The first-order chi connectivity index (χ1) is 10.8. The first-order valence-corrected chi connectivity index (χ1v) is 9.26. The van der Waals surface area contributed by atoms with Gasteiger partial charge >= 0.3 is 0 Å². The molecule has 0 N–H and O–H groups in total. The smallest absolute Gasteiger partial charge is 0.237 e. The Labute approximate surface area is 136 Å². The van der Waals surface area contributed by atoms with E-state index in [1.807, 2.05) is 0 Å². The van der Waals surface area contributed by atoms with Crippen molar-refractivity contribution in [1.29, 1.82) is 0 Å². The summed E-state index contributed by atoms with van der Waals surface area (Å²) < 4.78 is 29.6. The third-order valence-corrected chi connectivity index (χ3v) is 5.02. The largest absolute Gasteiger partial charge is 0.474 e. The van der Waals surface area contributed by atoms with Crippen LogP contribution in [0.1, 0.15) is 18.7 Å². The number of ether oxygens (including phenoxy) is 1. The van der Waals surface area contributed by atoms with Crippen LogP contribution >= 0.6 is 0 Å². The van der Waals surface area contributed by atoms with Crippen molar-refractivity contribution in [3.63, 3.8) is 0 Å². The molecule has 0 aliphatic carbocycles. The van der Waals surface area contributed by atoms with Gasteiger partial charge in [-0.25, -0.2) is 13.4 Å². The van der Waals surface area contributed by atoms with E-state index in [1.165, 1.54) is 7.05 Å². The lowest BCUT2D eigenvalue weighted by Crippen LogP contribution is -2.46. The molecule has 8 nitrogen and oxygen atoms in total. The highest BCUT2D eigenvalue weighted by atomic mass is 32.2. The molecule has 0 saturated carbocycles. The fourth-order valence-electron chi connectivity index (χ4n) is 2.30. The molecule has 1 aliphatic rings. The standard InChI is InChI=1S/C14H22N4O4S/c1-11-15-7-4-13(16-11)22-12-5-8-18(9-6-12)14(19)10-17(2)23(3,20)21/h4,7,12H,5-6,8-10H2,1-3H3. The monoisotopic (exact) mass is 342 g/mol. The van der Waals surface area contributed by atoms with E-state index in [0.29, 0.717) is 37.6 Å². The van der Waals surface area contributed by atoms with E-state index in [-0.39, 0.29) is 18.6 Å². The van der Waals surface area contributed by atoms with Crippen LogP contribution in [0.15, 0.2) is 12.3 Å². The van der Waals surface area contributed by atoms with Crippen LogP contribution in [0.25, 0.3) is 0 Å². The Hall–Kier alpha value is -1.74. The van der Waals surface area contributed by atoms with Gasteiger partial charge in [-0.05, 0) is 6.92 Å². The number of amides is 1. The summed E-state index contributed by atoms with van der Waals surface area (Å²) in [5.74, 6) is 1.01. The van der Waals surface area contributed by atoms with Crippen molar-refractivity contribution in [2.75, 3.05) is 32.9 Å². The number of sulfonamides is 1. The van der Waals surface area contributed by atoms with Gasteiger partial charge in [0.05, 0.1) is 12.8 Å². The lowest BCUT2D eigenvalue weighted by Gasteiger charge is -2.32. The van der Waals surface area contributed by atoms with Gasteiger partial charge in [0.2, 0.25) is 21.8 Å². The molecule has 1 aliphatic heterocycles. The minimum absolute atomic E-state index is 0.000914. The average Bonchev–Trinajstić information content (AvgIpc) is 2.47. The van der Waals surface area contributed by atoms with Crippen molar-refractivity contribution in [3.05, 3.63) is 18.1 Å². The van der Waals surface area contributed by atoms with Crippen LogP contribution < -0.4 is 4.74 Å². The van der Waals surface area contributed by atoms with Crippen molar-refractivity contribution in [1.82, 2.24) is 19.2 Å². The second-order valence-electron chi connectivity index (χ2n) is 5.66. The van der Waals surface area contributed by atoms with Gasteiger partial charge < -0.3 is 9.64 Å². The SMILES string of the molecule is Cc1nccc(OC2CCN(C(=O)CN(C)S(C)(=O)=O)CC2)n1. The van der Waals surface area contributed by atoms with Gasteiger partial charge in [-0.3, -0.25) is 4.79 Å². The number of carbonyl (C=O) groups is 1. The molecule has 0 spiro atoms. The summed E-state index contributed by atoms with van der Waals surface area (Å²) >= 11 is 0. The van der Waals surface area contributed by atoms with Crippen molar-refractivity contribution in [2.24, 2.45) is 0 Å². The summed E-state index contributed by atoms with van der Waals surface area (Å²) in [6.07, 6.45) is 4.12. The number of aromatic nitrogens is 2. The molecule has 0 atom stereocenters. The van der Waals surface area contributed by atoms with E-state index in [2.05, 4.69) is 9.97 Å². The summed E-state index contributed by atoms with van der Waals surface area (Å²) in [5, 5.41) is 0. The molecule has 0 radical (unpaired) electrons. The zero-order chi connectivity index (χ0) is 17.0. The fraction of sp³-hybridized carbons (Fsp3) is 0.643. The van der Waals surface area contributed by atoms with Gasteiger partial charge in [0, 0.05) is 45.2 Å². The molecule has 23 heavy (non-hydrogen) atoms. The lowest BCUT2D eigenvalue weighted by atomic mass is 10.1. The Morgan fingerprint density at radius 3 is 2.65 bits per heavy atom. The van der Waals surface area contributed by atoms with Crippen LogP contribution in [0.4, 0.5) is 0 Å². The van der Waals surface area contributed by atoms with E-state index < -0.39 is 10.0 Å². The Morgan fingerprint density at radius 1 is 1.43 bits per heavy atom. The van der Waals surface area contributed by atoms with E-state index in [1.54, 1.807) is 24.1 Å². The number of carbonyl (C=O) groups excluding carboxylic acids is 1. The molecular weight excluding hydrogens is 320 g/mol. The van der Waals surface area contributed by atoms with E-state index in [0.717, 1.165) is 10.6 Å². The van der Waals surface area contributed by atoms with Crippen molar-refractivity contribution in [2.45, 2.75) is 25.9 Å². The first kappa shape index (κ1) is 17.6. The summed E-state index contributed by atoms with van der Waals surface area (Å²) in [4.78, 5) is 22.0. The molecular formula is C14H22N4O4S. The maximum Gasteiger partial charge on any atom is 0.237 e. The Kier molecular flexibility index (Phi) is 5.53. The summed E-state index contributed by atoms with van der Waals surface area (Å²) in [6, 6.07) is 1.71. The molecule has 1 aromatic rings. The topological polar surface area (TPSA) is 92.7 Å².